The summed E-state index contributed by atoms with van der Waals surface area (Å²) in [4.78, 5) is 6.92. The zero-order chi connectivity index (χ0) is 15.4. The van der Waals surface area contributed by atoms with Crippen LogP contribution >= 0.6 is 24.0 Å². The molecule has 0 aromatic heterocycles. The number of benzene rings is 1. The summed E-state index contributed by atoms with van der Waals surface area (Å²) in [6.45, 7) is 3.12. The number of nitrogens with one attached hydrogen (secondary N) is 1. The Morgan fingerprint density at radius 3 is 2.52 bits per heavy atom. The number of likely N-dealkylation sites (tertiary alicyclic amines) is 1. The average Bonchev–Trinajstić information content (AvgIpc) is 3.19. The first-order valence-corrected chi connectivity index (χ1v) is 8.33. The fraction of sp³-hybridized carbons (Fsp3) is 0.611. The molecule has 0 atom stereocenters. The van der Waals surface area contributed by atoms with Gasteiger partial charge in [0.2, 0.25) is 0 Å². The lowest BCUT2D eigenvalue weighted by atomic mass is 9.86. The molecule has 1 aliphatic carbocycles. The molecule has 128 valence electrons. The van der Waals surface area contributed by atoms with Crippen LogP contribution in [0.3, 0.4) is 0 Å². The highest BCUT2D eigenvalue weighted by molar-refractivity contribution is 14.0. The van der Waals surface area contributed by atoms with Crippen molar-refractivity contribution in [2.24, 2.45) is 10.4 Å². The monoisotopic (exact) mass is 429 g/mol. The summed E-state index contributed by atoms with van der Waals surface area (Å²) in [5.74, 6) is 1.94. The van der Waals surface area contributed by atoms with Gasteiger partial charge in [-0.15, -0.1) is 24.0 Å². The van der Waals surface area contributed by atoms with Crippen molar-refractivity contribution in [3.63, 3.8) is 0 Å². The SMILES string of the molecule is CN=C(NCc1ccc(OC)cc1)N1CCC2(CCCC2)C1.I. The number of rotatable bonds is 3. The van der Waals surface area contributed by atoms with Gasteiger partial charge in [0.15, 0.2) is 5.96 Å². The highest BCUT2D eigenvalue weighted by Crippen LogP contribution is 2.45. The van der Waals surface area contributed by atoms with Crippen LogP contribution in [0, 0.1) is 5.41 Å². The van der Waals surface area contributed by atoms with E-state index in [0.29, 0.717) is 5.41 Å². The number of halogens is 1. The first-order chi connectivity index (χ1) is 10.7. The molecule has 23 heavy (non-hydrogen) atoms. The van der Waals surface area contributed by atoms with Crippen LogP contribution in [0.5, 0.6) is 5.75 Å². The molecule has 1 saturated heterocycles. The number of hydrogen-bond donors (Lipinski definition) is 1. The van der Waals surface area contributed by atoms with Crippen molar-refractivity contribution in [2.45, 2.75) is 38.6 Å². The summed E-state index contributed by atoms with van der Waals surface area (Å²) in [7, 11) is 3.58. The highest BCUT2D eigenvalue weighted by Gasteiger charge is 2.40. The second-order valence-corrected chi connectivity index (χ2v) is 6.63. The van der Waals surface area contributed by atoms with Crippen molar-refractivity contribution in [2.75, 3.05) is 27.2 Å². The minimum absolute atomic E-state index is 0. The minimum Gasteiger partial charge on any atom is -0.497 e. The molecule has 0 bridgehead atoms. The summed E-state index contributed by atoms with van der Waals surface area (Å²) in [6, 6.07) is 8.20. The van der Waals surface area contributed by atoms with E-state index in [0.717, 1.165) is 24.8 Å². The Bertz CT molecular complexity index is 524. The molecule has 1 spiro atoms. The molecular weight excluding hydrogens is 401 g/mol. The Morgan fingerprint density at radius 2 is 1.91 bits per heavy atom. The summed E-state index contributed by atoms with van der Waals surface area (Å²) >= 11 is 0. The van der Waals surface area contributed by atoms with Crippen LogP contribution in [0.2, 0.25) is 0 Å². The fourth-order valence-corrected chi connectivity index (χ4v) is 3.91. The third-order valence-corrected chi connectivity index (χ3v) is 5.22. The molecule has 2 aliphatic rings. The van der Waals surface area contributed by atoms with E-state index in [1.807, 2.05) is 19.2 Å². The van der Waals surface area contributed by atoms with Crippen molar-refractivity contribution >= 4 is 29.9 Å². The lowest BCUT2D eigenvalue weighted by Gasteiger charge is -2.26. The largest absolute Gasteiger partial charge is 0.497 e. The van der Waals surface area contributed by atoms with Gasteiger partial charge in [0, 0.05) is 26.7 Å². The van der Waals surface area contributed by atoms with Gasteiger partial charge in [-0.05, 0) is 42.4 Å². The van der Waals surface area contributed by atoms with Gasteiger partial charge < -0.3 is 15.0 Å². The maximum absolute atomic E-state index is 5.20. The molecule has 3 rings (SSSR count). The van der Waals surface area contributed by atoms with Gasteiger partial charge in [-0.25, -0.2) is 0 Å². The Hall–Kier alpha value is -0.980. The number of ether oxygens (including phenoxy) is 1. The van der Waals surface area contributed by atoms with Gasteiger partial charge >= 0.3 is 0 Å². The smallest absolute Gasteiger partial charge is 0.193 e. The lowest BCUT2D eigenvalue weighted by molar-refractivity contribution is 0.309. The van der Waals surface area contributed by atoms with Crippen LogP contribution in [-0.2, 0) is 6.54 Å². The molecule has 1 saturated carbocycles. The van der Waals surface area contributed by atoms with E-state index in [1.165, 1.54) is 44.2 Å². The third kappa shape index (κ3) is 4.31. The summed E-state index contributed by atoms with van der Waals surface area (Å²) in [5, 5.41) is 3.51. The van der Waals surface area contributed by atoms with Gasteiger partial charge in [-0.1, -0.05) is 25.0 Å². The van der Waals surface area contributed by atoms with Gasteiger partial charge in [0.25, 0.3) is 0 Å². The zero-order valence-electron chi connectivity index (χ0n) is 14.2. The fourth-order valence-electron chi connectivity index (χ4n) is 3.91. The Balaban J connectivity index is 0.00000192. The summed E-state index contributed by atoms with van der Waals surface area (Å²) < 4.78 is 5.20. The number of methoxy groups -OCH3 is 1. The van der Waals surface area contributed by atoms with Gasteiger partial charge in [-0.2, -0.15) is 0 Å². The van der Waals surface area contributed by atoms with E-state index < -0.39 is 0 Å². The van der Waals surface area contributed by atoms with Crippen LogP contribution in [0.1, 0.15) is 37.7 Å². The summed E-state index contributed by atoms with van der Waals surface area (Å²) in [5.41, 5.74) is 1.83. The van der Waals surface area contributed by atoms with Crippen LogP contribution in [0.25, 0.3) is 0 Å². The predicted molar refractivity (Wildman–Crippen MR) is 106 cm³/mol. The molecule has 1 aliphatic heterocycles. The summed E-state index contributed by atoms with van der Waals surface area (Å²) in [6.07, 6.45) is 6.95. The molecule has 1 aromatic rings. The zero-order valence-corrected chi connectivity index (χ0v) is 16.5. The quantitative estimate of drug-likeness (QED) is 0.453. The van der Waals surface area contributed by atoms with Crippen LogP contribution in [0.4, 0.5) is 0 Å². The average molecular weight is 429 g/mol. The molecular formula is C18H28IN3O. The maximum atomic E-state index is 5.20. The molecule has 0 amide bonds. The topological polar surface area (TPSA) is 36.9 Å². The second kappa shape index (κ2) is 8.22. The van der Waals surface area contributed by atoms with Gasteiger partial charge in [-0.3, -0.25) is 4.99 Å². The van der Waals surface area contributed by atoms with E-state index in [1.54, 1.807) is 7.11 Å². The third-order valence-electron chi connectivity index (χ3n) is 5.22. The van der Waals surface area contributed by atoms with E-state index in [-0.39, 0.29) is 24.0 Å². The maximum Gasteiger partial charge on any atom is 0.193 e. The Morgan fingerprint density at radius 1 is 1.22 bits per heavy atom. The van der Waals surface area contributed by atoms with Crippen molar-refractivity contribution in [1.29, 1.82) is 0 Å². The van der Waals surface area contributed by atoms with E-state index in [2.05, 4.69) is 27.3 Å². The molecule has 1 N–H and O–H groups in total. The second-order valence-electron chi connectivity index (χ2n) is 6.63. The number of nitrogens with zero attached hydrogens (tertiary/aromatic N) is 2. The van der Waals surface area contributed by atoms with Crippen molar-refractivity contribution < 1.29 is 4.74 Å². The Labute approximate surface area is 156 Å². The Kier molecular flexibility index (Phi) is 6.56. The lowest BCUT2D eigenvalue weighted by Crippen LogP contribution is -2.40. The predicted octanol–water partition coefficient (Wildman–Crippen LogP) is 3.65. The van der Waals surface area contributed by atoms with Crippen LogP contribution in [-0.4, -0.2) is 38.1 Å². The van der Waals surface area contributed by atoms with E-state index in [9.17, 15) is 0 Å². The number of guanidine groups is 1. The molecule has 4 nitrogen and oxygen atoms in total. The molecule has 0 radical (unpaired) electrons. The molecule has 0 unspecified atom stereocenters. The number of hydrogen-bond acceptors (Lipinski definition) is 2. The standard InChI is InChI=1S/C18H27N3O.HI/c1-19-17(20-13-15-5-7-16(22-2)8-6-15)21-12-11-18(14-21)9-3-4-10-18;/h5-8H,3-4,9-14H2,1-2H3,(H,19,20);1H. The van der Waals surface area contributed by atoms with Gasteiger partial charge in [0.1, 0.15) is 5.75 Å². The van der Waals surface area contributed by atoms with Crippen molar-refractivity contribution in [3.8, 4) is 5.75 Å². The van der Waals surface area contributed by atoms with E-state index >= 15 is 0 Å². The van der Waals surface area contributed by atoms with E-state index in [4.69, 9.17) is 4.74 Å². The first-order valence-electron chi connectivity index (χ1n) is 8.33. The normalized spacial score (nSPS) is 19.7. The molecule has 1 aromatic carbocycles. The number of aliphatic imine (C=N–C) groups is 1. The van der Waals surface area contributed by atoms with Crippen molar-refractivity contribution in [1.82, 2.24) is 10.2 Å². The minimum atomic E-state index is 0. The van der Waals surface area contributed by atoms with Crippen LogP contribution < -0.4 is 10.1 Å². The molecule has 2 fully saturated rings. The first kappa shape index (κ1) is 18.4. The molecule has 5 heteroatoms. The highest BCUT2D eigenvalue weighted by atomic mass is 127. The van der Waals surface area contributed by atoms with Gasteiger partial charge in [0.05, 0.1) is 7.11 Å². The van der Waals surface area contributed by atoms with Crippen molar-refractivity contribution in [3.05, 3.63) is 29.8 Å². The van der Waals surface area contributed by atoms with Crippen LogP contribution in [0.15, 0.2) is 29.3 Å². The molecule has 1 heterocycles.